The van der Waals surface area contributed by atoms with Crippen LogP contribution in [0.25, 0.3) is 0 Å². The molecule has 1 amide bonds. The van der Waals surface area contributed by atoms with Crippen LogP contribution in [0.2, 0.25) is 0 Å². The summed E-state index contributed by atoms with van der Waals surface area (Å²) in [6.07, 6.45) is 8.37. The molecule has 1 atom stereocenters. The Bertz CT molecular complexity index is 257. The van der Waals surface area contributed by atoms with Crippen molar-refractivity contribution in [3.05, 3.63) is 12.7 Å². The number of carbonyl (C=O) groups excluding carboxylic acids is 1. The van der Waals surface area contributed by atoms with Crippen molar-refractivity contribution in [3.8, 4) is 0 Å². The highest BCUT2D eigenvalue weighted by Crippen LogP contribution is 2.30. The van der Waals surface area contributed by atoms with Gasteiger partial charge >= 0.3 is 0 Å². The summed E-state index contributed by atoms with van der Waals surface area (Å²) in [5.74, 6) is 1.76. The maximum atomic E-state index is 11.7. The lowest BCUT2D eigenvalue weighted by Gasteiger charge is -2.28. The van der Waals surface area contributed by atoms with Crippen LogP contribution in [0, 0.1) is 11.8 Å². The molecule has 0 heterocycles. The first-order chi connectivity index (χ1) is 8.67. The van der Waals surface area contributed by atoms with E-state index in [-0.39, 0.29) is 11.9 Å². The molecule has 1 unspecified atom stereocenters. The van der Waals surface area contributed by atoms with E-state index >= 15 is 0 Å². The van der Waals surface area contributed by atoms with Gasteiger partial charge in [0.25, 0.3) is 0 Å². The van der Waals surface area contributed by atoms with Crippen molar-refractivity contribution < 1.29 is 4.79 Å². The molecule has 1 aliphatic carbocycles. The third-order valence-electron chi connectivity index (χ3n) is 4.07. The van der Waals surface area contributed by atoms with E-state index < -0.39 is 0 Å². The fourth-order valence-corrected chi connectivity index (χ4v) is 2.61. The predicted octanol–water partition coefficient (Wildman–Crippen LogP) is 2.48. The van der Waals surface area contributed by atoms with Crippen LogP contribution >= 0.6 is 0 Å². The lowest BCUT2D eigenvalue weighted by molar-refractivity contribution is -0.122. The van der Waals surface area contributed by atoms with Crippen LogP contribution in [0.4, 0.5) is 0 Å². The topological polar surface area (TPSA) is 41.1 Å². The summed E-state index contributed by atoms with van der Waals surface area (Å²) in [7, 11) is 0. The molecule has 1 rings (SSSR count). The van der Waals surface area contributed by atoms with Gasteiger partial charge in [0.05, 0.1) is 6.04 Å². The molecule has 0 aromatic rings. The second-order valence-electron chi connectivity index (χ2n) is 5.46. The van der Waals surface area contributed by atoms with Crippen LogP contribution in [-0.4, -0.2) is 25.0 Å². The van der Waals surface area contributed by atoms with Crippen molar-refractivity contribution in [3.63, 3.8) is 0 Å². The zero-order valence-electron chi connectivity index (χ0n) is 11.9. The van der Waals surface area contributed by atoms with E-state index in [0.29, 0.717) is 6.54 Å². The Morgan fingerprint density at radius 1 is 1.33 bits per heavy atom. The third-order valence-corrected chi connectivity index (χ3v) is 4.07. The van der Waals surface area contributed by atoms with Crippen molar-refractivity contribution in [2.45, 2.75) is 52.0 Å². The average Bonchev–Trinajstić information content (AvgIpc) is 2.42. The normalized spacial score (nSPS) is 25.4. The van der Waals surface area contributed by atoms with Gasteiger partial charge in [0.15, 0.2) is 0 Å². The van der Waals surface area contributed by atoms with Gasteiger partial charge in [-0.15, -0.1) is 6.58 Å². The van der Waals surface area contributed by atoms with Crippen LogP contribution in [0.3, 0.4) is 0 Å². The van der Waals surface area contributed by atoms with Gasteiger partial charge in [0.1, 0.15) is 0 Å². The Morgan fingerprint density at radius 2 is 1.94 bits per heavy atom. The second-order valence-corrected chi connectivity index (χ2v) is 5.46. The number of amides is 1. The minimum Gasteiger partial charge on any atom is -0.351 e. The van der Waals surface area contributed by atoms with E-state index in [0.717, 1.165) is 18.4 Å². The van der Waals surface area contributed by atoms with Gasteiger partial charge in [-0.2, -0.15) is 0 Å². The van der Waals surface area contributed by atoms with Gasteiger partial charge in [-0.1, -0.05) is 32.3 Å². The Kier molecular flexibility index (Phi) is 7.02. The van der Waals surface area contributed by atoms with Crippen molar-refractivity contribution in [1.82, 2.24) is 10.6 Å². The maximum absolute atomic E-state index is 11.7. The van der Waals surface area contributed by atoms with Crippen molar-refractivity contribution >= 4 is 5.91 Å². The number of hydrogen-bond donors (Lipinski definition) is 2. The highest BCUT2D eigenvalue weighted by Gasteiger charge is 2.21. The molecular weight excluding hydrogens is 224 g/mol. The monoisotopic (exact) mass is 252 g/mol. The van der Waals surface area contributed by atoms with Crippen molar-refractivity contribution in [2.24, 2.45) is 11.8 Å². The van der Waals surface area contributed by atoms with Gasteiger partial charge in [-0.05, 0) is 38.1 Å². The Morgan fingerprint density at radius 3 is 2.50 bits per heavy atom. The maximum Gasteiger partial charge on any atom is 0.237 e. The van der Waals surface area contributed by atoms with Crippen LogP contribution in [0.15, 0.2) is 12.7 Å². The van der Waals surface area contributed by atoms with Gasteiger partial charge in [0, 0.05) is 6.54 Å². The Balaban J connectivity index is 2.16. The van der Waals surface area contributed by atoms with Gasteiger partial charge < -0.3 is 10.6 Å². The zero-order chi connectivity index (χ0) is 13.4. The molecule has 0 radical (unpaired) electrons. The van der Waals surface area contributed by atoms with E-state index in [1.165, 1.54) is 32.1 Å². The van der Waals surface area contributed by atoms with Crippen LogP contribution in [-0.2, 0) is 4.79 Å². The summed E-state index contributed by atoms with van der Waals surface area (Å²) >= 11 is 0. The smallest absolute Gasteiger partial charge is 0.237 e. The minimum atomic E-state index is -0.103. The summed E-state index contributed by atoms with van der Waals surface area (Å²) < 4.78 is 0. The molecule has 0 bridgehead atoms. The van der Waals surface area contributed by atoms with E-state index in [9.17, 15) is 4.79 Å². The summed E-state index contributed by atoms with van der Waals surface area (Å²) in [6, 6.07) is -0.103. The van der Waals surface area contributed by atoms with Crippen molar-refractivity contribution in [1.29, 1.82) is 0 Å². The van der Waals surface area contributed by atoms with Crippen LogP contribution < -0.4 is 10.6 Å². The molecule has 1 saturated carbocycles. The number of rotatable bonds is 7. The molecule has 3 heteroatoms. The van der Waals surface area contributed by atoms with Gasteiger partial charge in [-0.3, -0.25) is 4.79 Å². The molecule has 2 N–H and O–H groups in total. The van der Waals surface area contributed by atoms with E-state index in [1.807, 2.05) is 6.92 Å². The SMILES string of the molecule is C=CCNC(=O)C(C)NCC1CCC(CC)CC1. The van der Waals surface area contributed by atoms with E-state index in [1.54, 1.807) is 6.08 Å². The Hall–Kier alpha value is -0.830. The highest BCUT2D eigenvalue weighted by atomic mass is 16.2. The van der Waals surface area contributed by atoms with Gasteiger partial charge in [-0.25, -0.2) is 0 Å². The van der Waals surface area contributed by atoms with E-state index in [4.69, 9.17) is 0 Å². The molecule has 1 fully saturated rings. The highest BCUT2D eigenvalue weighted by molar-refractivity contribution is 5.81. The number of hydrogen-bond acceptors (Lipinski definition) is 2. The quantitative estimate of drug-likeness (QED) is 0.684. The van der Waals surface area contributed by atoms with Crippen molar-refractivity contribution in [2.75, 3.05) is 13.1 Å². The second kappa shape index (κ2) is 8.30. The Labute approximate surface area is 111 Å². The zero-order valence-corrected chi connectivity index (χ0v) is 11.9. The molecule has 104 valence electrons. The summed E-state index contributed by atoms with van der Waals surface area (Å²) in [6.45, 7) is 9.32. The molecule has 0 aromatic heterocycles. The number of carbonyl (C=O) groups is 1. The average molecular weight is 252 g/mol. The van der Waals surface area contributed by atoms with Crippen LogP contribution in [0.5, 0.6) is 0 Å². The molecular formula is C15H28N2O. The van der Waals surface area contributed by atoms with Gasteiger partial charge in [0.2, 0.25) is 5.91 Å². The first-order valence-corrected chi connectivity index (χ1v) is 7.29. The van der Waals surface area contributed by atoms with E-state index in [2.05, 4.69) is 24.1 Å². The summed E-state index contributed by atoms with van der Waals surface area (Å²) in [5.41, 5.74) is 0. The minimum absolute atomic E-state index is 0.0668. The largest absolute Gasteiger partial charge is 0.351 e. The molecule has 0 aliphatic heterocycles. The standard InChI is InChI=1S/C15H28N2O/c1-4-10-16-15(18)12(3)17-11-14-8-6-13(5-2)7-9-14/h4,12-14,17H,1,5-11H2,2-3H3,(H,16,18). The molecule has 0 spiro atoms. The van der Waals surface area contributed by atoms with Crippen LogP contribution in [0.1, 0.15) is 46.0 Å². The lowest BCUT2D eigenvalue weighted by Crippen LogP contribution is -2.44. The predicted molar refractivity (Wildman–Crippen MR) is 76.4 cm³/mol. The number of nitrogens with one attached hydrogen (secondary N) is 2. The lowest BCUT2D eigenvalue weighted by atomic mass is 9.81. The molecule has 0 aromatic carbocycles. The summed E-state index contributed by atoms with van der Waals surface area (Å²) in [5, 5.41) is 6.16. The first-order valence-electron chi connectivity index (χ1n) is 7.29. The first kappa shape index (κ1) is 15.2. The molecule has 0 saturated heterocycles. The fraction of sp³-hybridized carbons (Fsp3) is 0.800. The molecule has 18 heavy (non-hydrogen) atoms. The fourth-order valence-electron chi connectivity index (χ4n) is 2.61. The summed E-state index contributed by atoms with van der Waals surface area (Å²) in [4.78, 5) is 11.7. The molecule has 1 aliphatic rings. The third kappa shape index (κ3) is 5.21. The molecule has 3 nitrogen and oxygen atoms in total.